The van der Waals surface area contributed by atoms with Crippen molar-refractivity contribution in [1.29, 1.82) is 0 Å². The van der Waals surface area contributed by atoms with Crippen molar-refractivity contribution in [2.75, 3.05) is 32.8 Å². The second-order valence-corrected chi connectivity index (χ2v) is 20.9. The summed E-state index contributed by atoms with van der Waals surface area (Å²) in [4.78, 5) is 38.2. The number of carbonyl (C=O) groups excluding carboxylic acids is 2. The number of nitrogens with one attached hydrogen (secondary N) is 1. The molecule has 1 aromatic heterocycles. The second kappa shape index (κ2) is 24.2. The molecule has 21 heteroatoms. The lowest BCUT2D eigenvalue weighted by Crippen LogP contribution is -2.52. The molecular formula is C52H54Cl2F2N4O12S. The van der Waals surface area contributed by atoms with E-state index in [-0.39, 0.29) is 83.1 Å². The number of fused-ring (bicyclic) bond motifs is 3. The lowest BCUT2D eigenvalue weighted by atomic mass is 9.86. The summed E-state index contributed by atoms with van der Waals surface area (Å²) in [5.74, 6) is 0.0939. The van der Waals surface area contributed by atoms with Gasteiger partial charge in [0.15, 0.2) is 23.9 Å². The molecule has 10 rings (SSSR count). The molecule has 388 valence electrons. The molecule has 4 atom stereocenters. The van der Waals surface area contributed by atoms with Gasteiger partial charge in [-0.2, -0.15) is 17.8 Å². The standard InChI is InChI=1S/C51H52Cl2F2N4O10S.CH2O2/c52-41-27-58(62)28-42(53)40(41)26-45(36-15-18-44(68-50(54)55)46(25-36)66-31-32-11-12-32)67-49(60)43-10-5-21-59(43)70(63,64)39-16-13-33(14-17-39)30-65-38-9-4-8-37(24-38)48(35-6-2-1-3-7-35)56-51(61)69-47-29-57-22-19-34(47)20-23-57;2-1-3/h1-4,6-9,13-18,24-25,27-28,32,34,43,45,47-48,50H,5,10-12,19-23,26,29-31H2,(H,56,61);1H,(H,2,3)/t43-,45-,47-,48-;/m0./s1. The molecule has 5 aliphatic rings. The van der Waals surface area contributed by atoms with E-state index in [1.165, 1.54) is 30.3 Å². The average molecular weight is 1070 g/mol. The summed E-state index contributed by atoms with van der Waals surface area (Å²) in [6.45, 7) is -0.158. The number of nitrogens with zero attached hydrogens (tertiary/aromatic N) is 3. The normalized spacial score (nSPS) is 20.2. The third-order valence-corrected chi connectivity index (χ3v) is 15.9. The van der Waals surface area contributed by atoms with Gasteiger partial charge in [-0.3, -0.25) is 14.5 Å². The number of alkyl carbamates (subject to hydrolysis) is 1. The van der Waals surface area contributed by atoms with Crippen LogP contribution >= 0.6 is 23.2 Å². The number of esters is 1. The molecule has 4 aromatic carbocycles. The summed E-state index contributed by atoms with van der Waals surface area (Å²) >= 11 is 12.9. The minimum Gasteiger partial charge on any atom is -0.619 e. The number of pyridine rings is 1. The van der Waals surface area contributed by atoms with Crippen LogP contribution in [0.4, 0.5) is 13.6 Å². The summed E-state index contributed by atoms with van der Waals surface area (Å²) in [5, 5.41) is 22.0. The predicted octanol–water partition coefficient (Wildman–Crippen LogP) is 8.89. The Bertz CT molecular complexity index is 2800. The number of carboxylic acid groups (broad SMARTS) is 1. The Labute approximate surface area is 431 Å². The lowest BCUT2D eigenvalue weighted by molar-refractivity contribution is -0.605. The van der Waals surface area contributed by atoms with E-state index in [1.54, 1.807) is 18.2 Å². The van der Waals surface area contributed by atoms with E-state index < -0.39 is 46.9 Å². The number of halogens is 4. The number of ether oxygens (including phenoxy) is 5. The molecule has 0 radical (unpaired) electrons. The highest BCUT2D eigenvalue weighted by Gasteiger charge is 2.42. The van der Waals surface area contributed by atoms with Crippen LogP contribution in [-0.4, -0.2) is 92.8 Å². The maximum Gasteiger partial charge on any atom is 0.408 e. The quantitative estimate of drug-likeness (QED) is 0.0345. The van der Waals surface area contributed by atoms with Crippen LogP contribution in [0.25, 0.3) is 0 Å². The zero-order valence-electron chi connectivity index (χ0n) is 39.4. The van der Waals surface area contributed by atoms with Crippen molar-refractivity contribution in [1.82, 2.24) is 14.5 Å². The van der Waals surface area contributed by atoms with Crippen LogP contribution in [0.5, 0.6) is 17.2 Å². The van der Waals surface area contributed by atoms with E-state index in [1.807, 2.05) is 48.5 Å². The molecule has 1 aliphatic carbocycles. The van der Waals surface area contributed by atoms with E-state index in [0.717, 1.165) is 73.1 Å². The van der Waals surface area contributed by atoms with E-state index >= 15 is 0 Å². The van der Waals surface area contributed by atoms with Crippen LogP contribution in [0, 0.1) is 17.0 Å². The molecule has 1 saturated carbocycles. The molecule has 5 fully saturated rings. The van der Waals surface area contributed by atoms with Crippen molar-refractivity contribution in [3.05, 3.63) is 153 Å². The zero-order chi connectivity index (χ0) is 51.6. The van der Waals surface area contributed by atoms with Crippen molar-refractivity contribution >= 4 is 51.8 Å². The van der Waals surface area contributed by atoms with Gasteiger partial charge in [-0.1, -0.05) is 83.9 Å². The Balaban J connectivity index is 0.00000231. The number of carbonyl (C=O) groups is 3. The van der Waals surface area contributed by atoms with E-state index in [9.17, 15) is 32.0 Å². The molecule has 5 aromatic rings. The van der Waals surface area contributed by atoms with Gasteiger partial charge in [0, 0.05) is 25.1 Å². The van der Waals surface area contributed by atoms with Gasteiger partial charge in [-0.05, 0) is 122 Å². The number of alkyl halides is 2. The van der Waals surface area contributed by atoms with Crippen LogP contribution in [0.1, 0.15) is 78.5 Å². The van der Waals surface area contributed by atoms with Crippen molar-refractivity contribution in [3.8, 4) is 17.2 Å². The van der Waals surface area contributed by atoms with Gasteiger partial charge in [0.05, 0.1) is 17.5 Å². The number of rotatable bonds is 19. The van der Waals surface area contributed by atoms with Crippen LogP contribution in [0.3, 0.4) is 0 Å². The topological polar surface area (TPSA) is 197 Å². The van der Waals surface area contributed by atoms with Crippen molar-refractivity contribution in [2.45, 2.75) is 87.4 Å². The van der Waals surface area contributed by atoms with Crippen molar-refractivity contribution in [3.63, 3.8) is 0 Å². The number of hydrogen-bond donors (Lipinski definition) is 2. The molecular weight excluding hydrogens is 1010 g/mol. The van der Waals surface area contributed by atoms with Gasteiger partial charge < -0.3 is 39.3 Å². The van der Waals surface area contributed by atoms with Crippen LogP contribution < -0.4 is 24.3 Å². The maximum atomic E-state index is 14.2. The Morgan fingerprint density at radius 2 is 1.55 bits per heavy atom. The Morgan fingerprint density at radius 3 is 2.21 bits per heavy atom. The van der Waals surface area contributed by atoms with Crippen LogP contribution in [0.15, 0.2) is 114 Å². The first-order chi connectivity index (χ1) is 35.2. The molecule has 0 spiro atoms. The number of aromatic nitrogens is 1. The fourth-order valence-corrected chi connectivity index (χ4v) is 11.6. The summed E-state index contributed by atoms with van der Waals surface area (Å²) in [6, 6.07) is 25.6. The smallest absolute Gasteiger partial charge is 0.408 e. The molecule has 2 bridgehead atoms. The van der Waals surface area contributed by atoms with Crippen molar-refractivity contribution < 1.29 is 65.1 Å². The van der Waals surface area contributed by atoms with E-state index in [0.29, 0.717) is 33.9 Å². The van der Waals surface area contributed by atoms with Gasteiger partial charge in [-0.25, -0.2) is 13.2 Å². The monoisotopic (exact) mass is 1070 g/mol. The number of amides is 1. The Morgan fingerprint density at radius 1 is 0.849 bits per heavy atom. The first-order valence-electron chi connectivity index (χ1n) is 23.8. The minimum atomic E-state index is -4.23. The molecule has 16 nitrogen and oxygen atoms in total. The van der Waals surface area contributed by atoms with E-state index in [4.69, 9.17) is 56.8 Å². The lowest BCUT2D eigenvalue weighted by Gasteiger charge is -2.43. The number of piperidine rings is 3. The molecule has 4 saturated heterocycles. The average Bonchev–Trinajstić information content (AvgIpc) is 4.07. The van der Waals surface area contributed by atoms with Crippen molar-refractivity contribution in [2.24, 2.45) is 11.8 Å². The SMILES string of the molecule is O=C(N[C@@H](c1ccccc1)c1cccc(OCc2ccc(S(=O)(=O)N3CCC[C@H]3C(=O)O[C@@H](Cc3c(Cl)c[n+]([O-])cc3Cl)c3ccc(OC(F)F)c(OCC4CC4)c3)cc2)c1)O[C@H]1CN2CCC1CC2.O=CO. The number of benzene rings is 4. The first-order valence-corrected chi connectivity index (χ1v) is 26.0. The summed E-state index contributed by atoms with van der Waals surface area (Å²) < 4.78 is 85.7. The van der Waals surface area contributed by atoms with Gasteiger partial charge in [0.25, 0.3) is 6.47 Å². The highest BCUT2D eigenvalue weighted by atomic mass is 35.5. The first kappa shape index (κ1) is 53.1. The second-order valence-electron chi connectivity index (χ2n) is 18.2. The maximum absolute atomic E-state index is 14.2. The molecule has 4 aliphatic heterocycles. The summed E-state index contributed by atoms with van der Waals surface area (Å²) in [7, 11) is -4.23. The molecule has 2 N–H and O–H groups in total. The number of hydrogen-bond acceptors (Lipinski definition) is 12. The fraction of sp³-hybridized carbons (Fsp3) is 0.385. The van der Waals surface area contributed by atoms with Crippen LogP contribution in [-0.2, 0) is 42.1 Å². The highest BCUT2D eigenvalue weighted by molar-refractivity contribution is 7.89. The van der Waals surface area contributed by atoms with Gasteiger partial charge in [-0.15, -0.1) is 0 Å². The predicted molar refractivity (Wildman–Crippen MR) is 263 cm³/mol. The van der Waals surface area contributed by atoms with Gasteiger partial charge in [0.2, 0.25) is 10.0 Å². The van der Waals surface area contributed by atoms with Gasteiger partial charge >= 0.3 is 18.7 Å². The Kier molecular flexibility index (Phi) is 17.6. The largest absolute Gasteiger partial charge is 0.619 e. The molecule has 73 heavy (non-hydrogen) atoms. The van der Waals surface area contributed by atoms with Gasteiger partial charge in [0.1, 0.15) is 40.7 Å². The minimum absolute atomic E-state index is 0.00306. The summed E-state index contributed by atoms with van der Waals surface area (Å²) in [5.41, 5.74) is 2.89. The van der Waals surface area contributed by atoms with E-state index in [2.05, 4.69) is 10.2 Å². The zero-order valence-corrected chi connectivity index (χ0v) is 41.7. The highest BCUT2D eigenvalue weighted by Crippen LogP contribution is 2.39. The molecule has 5 heterocycles. The number of sulfonamides is 1. The third kappa shape index (κ3) is 13.7. The third-order valence-electron chi connectivity index (χ3n) is 13.3. The fourth-order valence-electron chi connectivity index (χ4n) is 9.33. The van der Waals surface area contributed by atoms with Crippen LogP contribution in [0.2, 0.25) is 10.0 Å². The molecule has 1 amide bonds. The Hall–Kier alpha value is -6.25. The molecule has 0 unspecified atom stereocenters. The summed E-state index contributed by atoms with van der Waals surface area (Å²) in [6.07, 6.45) is 4.65.